The Balaban J connectivity index is 2.42. The van der Waals surface area contributed by atoms with Crippen LogP contribution in [0.2, 0.25) is 0 Å². The zero-order valence-electron chi connectivity index (χ0n) is 26.5. The number of halogens is 4. The van der Waals surface area contributed by atoms with Gasteiger partial charge in [-0.05, 0) is 34.9 Å². The molecule has 0 radical (unpaired) electrons. The first-order chi connectivity index (χ1) is 19.6. The van der Waals surface area contributed by atoms with E-state index in [1.807, 2.05) is 45.5 Å². The van der Waals surface area contributed by atoms with Crippen LogP contribution in [0.1, 0.15) is 85.1 Å². The molecule has 0 saturated carbocycles. The number of hydrazine groups is 1. The van der Waals surface area contributed by atoms with E-state index < -0.39 is 42.1 Å². The number of aliphatic imine (C=N–C) groups is 1. The van der Waals surface area contributed by atoms with Crippen LogP contribution in [0.4, 0.5) is 17.6 Å². The number of nitrogens with one attached hydrogen (secondary N) is 3. The molecule has 1 aliphatic rings. The molecule has 0 aromatic heterocycles. The second-order valence-corrected chi connectivity index (χ2v) is 12.8. The Morgan fingerprint density at radius 1 is 1.21 bits per heavy atom. The maximum Gasteiger partial charge on any atom is 0.255 e. The Labute approximate surface area is 249 Å². The number of alkyl halides is 2. The van der Waals surface area contributed by atoms with Gasteiger partial charge in [-0.2, -0.15) is 0 Å². The van der Waals surface area contributed by atoms with E-state index in [0.717, 1.165) is 31.7 Å². The van der Waals surface area contributed by atoms with Gasteiger partial charge in [0.1, 0.15) is 24.9 Å². The number of nitrogens with zero attached hydrogens (tertiary/aromatic N) is 3. The van der Waals surface area contributed by atoms with Gasteiger partial charge in [0, 0.05) is 39.5 Å². The number of amides is 1. The highest BCUT2D eigenvalue weighted by molar-refractivity contribution is 5.98. The average molecular weight is 600 g/mol. The molecule has 1 aromatic carbocycles. The quantitative estimate of drug-likeness (QED) is 0.0698. The molecule has 5 atom stereocenters. The third kappa shape index (κ3) is 11.3. The molecule has 42 heavy (non-hydrogen) atoms. The van der Waals surface area contributed by atoms with Gasteiger partial charge in [0.25, 0.3) is 6.43 Å². The van der Waals surface area contributed by atoms with Crippen molar-refractivity contribution in [3.63, 3.8) is 0 Å². The topological polar surface area (TPSA) is 71.8 Å². The molecule has 0 bridgehead atoms. The van der Waals surface area contributed by atoms with Crippen molar-refractivity contribution < 1.29 is 26.9 Å². The minimum atomic E-state index is -2.72. The standard InChI is InChI=1S/C31H50F4N6O/c1-9-11-12-13-20(3)24(21-14-22(32)16-23(33)15-21)17-26(40(7)10-2)37-30(36-19-31(4,5)6)38-29(42)25-18-41(8)39-27(25)28(34)35/h10,14-16,20,24-28,39H,9,11-13,17-19H2,1-8H3,(H-,36,37,38,42)/p+1. The van der Waals surface area contributed by atoms with E-state index in [1.54, 1.807) is 7.05 Å². The summed E-state index contributed by atoms with van der Waals surface area (Å²) in [5.74, 6) is -2.70. The molecule has 1 fully saturated rings. The van der Waals surface area contributed by atoms with Gasteiger partial charge in [0.15, 0.2) is 0 Å². The van der Waals surface area contributed by atoms with Gasteiger partial charge >= 0.3 is 0 Å². The molecule has 1 saturated heterocycles. The van der Waals surface area contributed by atoms with Crippen molar-refractivity contribution in [3.8, 4) is 0 Å². The van der Waals surface area contributed by atoms with Crippen LogP contribution in [0.3, 0.4) is 0 Å². The third-order valence-electron chi connectivity index (χ3n) is 7.78. The fraction of sp³-hybridized carbons (Fsp3) is 0.710. The summed E-state index contributed by atoms with van der Waals surface area (Å²) in [4.78, 5) is 18.0. The summed E-state index contributed by atoms with van der Waals surface area (Å²) in [6.07, 6.45) is 3.21. The van der Waals surface area contributed by atoms with Crippen molar-refractivity contribution in [1.29, 1.82) is 0 Å². The van der Waals surface area contributed by atoms with Crippen LogP contribution in [0.15, 0.2) is 23.2 Å². The fourth-order valence-electron chi connectivity index (χ4n) is 5.24. The molecular formula is C31H51F4N6O+. The molecule has 7 nitrogen and oxygen atoms in total. The zero-order chi connectivity index (χ0) is 31.6. The summed E-state index contributed by atoms with van der Waals surface area (Å²) in [5, 5.41) is 7.62. The van der Waals surface area contributed by atoms with E-state index in [2.05, 4.69) is 34.9 Å². The van der Waals surface area contributed by atoms with Crippen LogP contribution in [0, 0.1) is 28.9 Å². The molecule has 0 spiro atoms. The van der Waals surface area contributed by atoms with Crippen molar-refractivity contribution in [2.75, 3.05) is 27.2 Å². The predicted molar refractivity (Wildman–Crippen MR) is 161 cm³/mol. The van der Waals surface area contributed by atoms with Crippen LogP contribution in [0.5, 0.6) is 0 Å². The molecule has 1 amide bonds. The lowest BCUT2D eigenvalue weighted by atomic mass is 9.81. The molecule has 0 aliphatic carbocycles. The Hall–Kier alpha value is -2.53. The summed E-state index contributed by atoms with van der Waals surface area (Å²) >= 11 is 0. The summed E-state index contributed by atoms with van der Waals surface area (Å²) < 4.78 is 58.0. The van der Waals surface area contributed by atoms with Crippen LogP contribution in [0.25, 0.3) is 0 Å². The van der Waals surface area contributed by atoms with Crippen LogP contribution >= 0.6 is 0 Å². The van der Waals surface area contributed by atoms with Crippen molar-refractivity contribution >= 4 is 18.1 Å². The van der Waals surface area contributed by atoms with Crippen molar-refractivity contribution in [2.45, 2.75) is 98.2 Å². The number of hydrogen-bond acceptors (Lipinski definition) is 4. The first kappa shape index (κ1) is 35.7. The average Bonchev–Trinajstić information content (AvgIpc) is 3.30. The van der Waals surface area contributed by atoms with E-state index >= 15 is 0 Å². The van der Waals surface area contributed by atoms with Gasteiger partial charge in [-0.25, -0.2) is 32.6 Å². The van der Waals surface area contributed by atoms with Gasteiger partial charge in [-0.1, -0.05) is 60.3 Å². The molecule has 1 aromatic rings. The highest BCUT2D eigenvalue weighted by atomic mass is 19.3. The molecule has 3 N–H and O–H groups in total. The molecule has 238 valence electrons. The lowest BCUT2D eigenvalue weighted by Gasteiger charge is -2.29. The van der Waals surface area contributed by atoms with Gasteiger partial charge < -0.3 is 0 Å². The number of benzene rings is 1. The predicted octanol–water partition coefficient (Wildman–Crippen LogP) is 5.52. The van der Waals surface area contributed by atoms with Crippen molar-refractivity contribution in [2.24, 2.45) is 22.2 Å². The van der Waals surface area contributed by atoms with E-state index in [-0.39, 0.29) is 29.8 Å². The summed E-state index contributed by atoms with van der Waals surface area (Å²) in [6, 6.07) is 2.35. The minimum absolute atomic E-state index is 0.115. The summed E-state index contributed by atoms with van der Waals surface area (Å²) in [5.41, 5.74) is 3.03. The molecule has 1 aliphatic heterocycles. The second-order valence-electron chi connectivity index (χ2n) is 12.8. The van der Waals surface area contributed by atoms with Crippen LogP contribution < -0.4 is 16.1 Å². The van der Waals surface area contributed by atoms with E-state index in [0.29, 0.717) is 18.5 Å². The zero-order valence-corrected chi connectivity index (χ0v) is 26.5. The van der Waals surface area contributed by atoms with Gasteiger partial charge in [0.2, 0.25) is 18.0 Å². The first-order valence-corrected chi connectivity index (χ1v) is 15.0. The maximum atomic E-state index is 14.3. The number of carbonyl (C=O) groups excluding carboxylic acids is 1. The van der Waals surface area contributed by atoms with Gasteiger partial charge in [-0.3, -0.25) is 20.4 Å². The number of rotatable bonds is 13. The van der Waals surface area contributed by atoms with E-state index in [9.17, 15) is 22.4 Å². The molecular weight excluding hydrogens is 548 g/mol. The SMILES string of the molecule is CC=[N+](C)C(CC(c1cc(F)cc(F)c1)C(C)CCCCC)NC(=NCC(C)(C)C)NC(=O)C1CN(C)NC1C(F)F. The number of guanidine groups is 1. The van der Waals surface area contributed by atoms with Gasteiger partial charge in [-0.15, -0.1) is 0 Å². The van der Waals surface area contributed by atoms with Crippen molar-refractivity contribution in [1.82, 2.24) is 21.1 Å². The molecule has 2 rings (SSSR count). The Morgan fingerprint density at radius 2 is 1.86 bits per heavy atom. The Kier molecular flexibility index (Phi) is 13.9. The van der Waals surface area contributed by atoms with Crippen LogP contribution in [-0.2, 0) is 4.79 Å². The monoisotopic (exact) mass is 599 g/mol. The lowest BCUT2D eigenvalue weighted by molar-refractivity contribution is -0.540. The minimum Gasteiger partial charge on any atom is -0.298 e. The lowest BCUT2D eigenvalue weighted by Crippen LogP contribution is -2.53. The highest BCUT2D eigenvalue weighted by Crippen LogP contribution is 2.34. The maximum absolute atomic E-state index is 14.3. The fourth-order valence-corrected chi connectivity index (χ4v) is 5.24. The Bertz CT molecular complexity index is 1050. The van der Waals surface area contributed by atoms with E-state index in [4.69, 9.17) is 0 Å². The normalized spacial score (nSPS) is 21.0. The summed E-state index contributed by atoms with van der Waals surface area (Å²) in [7, 11) is 3.49. The number of unbranched alkanes of at least 4 members (excludes halogenated alkanes) is 2. The van der Waals surface area contributed by atoms with Gasteiger partial charge in [0.05, 0.1) is 12.0 Å². The summed E-state index contributed by atoms with van der Waals surface area (Å²) in [6.45, 7) is 12.6. The smallest absolute Gasteiger partial charge is 0.255 e. The first-order valence-electron chi connectivity index (χ1n) is 15.0. The molecule has 1 heterocycles. The molecule has 11 heteroatoms. The van der Waals surface area contributed by atoms with Crippen molar-refractivity contribution in [3.05, 3.63) is 35.4 Å². The Morgan fingerprint density at radius 3 is 2.40 bits per heavy atom. The number of hydrogen-bond donors (Lipinski definition) is 3. The highest BCUT2D eigenvalue weighted by Gasteiger charge is 2.42. The number of carbonyl (C=O) groups is 1. The second kappa shape index (κ2) is 16.4. The molecule has 5 unspecified atom stereocenters. The largest absolute Gasteiger partial charge is 0.298 e. The van der Waals surface area contributed by atoms with Crippen LogP contribution in [-0.4, -0.2) is 73.5 Å². The third-order valence-corrected chi connectivity index (χ3v) is 7.78. The van der Waals surface area contributed by atoms with E-state index in [1.165, 1.54) is 17.1 Å².